The number of hydrogen-bond acceptors (Lipinski definition) is 1. The second-order valence-corrected chi connectivity index (χ2v) is 8.75. The summed E-state index contributed by atoms with van der Waals surface area (Å²) >= 11 is 0. The first-order chi connectivity index (χ1) is 12.6. The number of allylic oxidation sites excluding steroid dienone is 1. The lowest BCUT2D eigenvalue weighted by Gasteiger charge is -2.40. The highest BCUT2D eigenvalue weighted by molar-refractivity contribution is 5.17. The van der Waals surface area contributed by atoms with E-state index in [9.17, 15) is 4.39 Å². The SMILES string of the molecule is CC(C)=CC(CCc1ccc(F)cc1)N1CCC(C2CCCCC2)CC1. The van der Waals surface area contributed by atoms with Gasteiger partial charge in [0.25, 0.3) is 0 Å². The minimum Gasteiger partial charge on any atom is -0.297 e. The molecule has 0 N–H and O–H groups in total. The molecule has 0 bridgehead atoms. The summed E-state index contributed by atoms with van der Waals surface area (Å²) in [6.07, 6.45) is 14.7. The zero-order chi connectivity index (χ0) is 18.4. The predicted octanol–water partition coefficient (Wildman–Crippen LogP) is 6.39. The molecule has 1 aromatic carbocycles. The van der Waals surface area contributed by atoms with Gasteiger partial charge in [-0.25, -0.2) is 4.39 Å². The fraction of sp³-hybridized carbons (Fsp3) is 0.667. The van der Waals surface area contributed by atoms with Gasteiger partial charge in [-0.1, -0.05) is 55.9 Å². The van der Waals surface area contributed by atoms with Crippen molar-refractivity contribution in [2.75, 3.05) is 13.1 Å². The quantitative estimate of drug-likeness (QED) is 0.534. The Bertz CT molecular complexity index is 558. The van der Waals surface area contributed by atoms with Crippen LogP contribution in [0.3, 0.4) is 0 Å². The summed E-state index contributed by atoms with van der Waals surface area (Å²) in [6, 6.07) is 7.56. The Labute approximate surface area is 159 Å². The Morgan fingerprint density at radius 3 is 2.23 bits per heavy atom. The van der Waals surface area contributed by atoms with Crippen LogP contribution >= 0.6 is 0 Å². The first-order valence-corrected chi connectivity index (χ1v) is 10.8. The van der Waals surface area contributed by atoms with Crippen molar-refractivity contribution >= 4 is 0 Å². The van der Waals surface area contributed by atoms with Gasteiger partial charge in [0.1, 0.15) is 5.82 Å². The van der Waals surface area contributed by atoms with E-state index < -0.39 is 0 Å². The molecule has 1 nitrogen and oxygen atoms in total. The van der Waals surface area contributed by atoms with Crippen LogP contribution in [0.5, 0.6) is 0 Å². The predicted molar refractivity (Wildman–Crippen MR) is 109 cm³/mol. The molecule has 1 atom stereocenters. The third kappa shape index (κ3) is 5.67. The second kappa shape index (κ2) is 9.69. The van der Waals surface area contributed by atoms with Crippen LogP contribution in [0.25, 0.3) is 0 Å². The lowest BCUT2D eigenvalue weighted by atomic mass is 9.75. The maximum absolute atomic E-state index is 13.1. The molecule has 0 spiro atoms. The fourth-order valence-electron chi connectivity index (χ4n) is 5.05. The molecule has 3 rings (SSSR count). The molecule has 2 aliphatic rings. The molecule has 0 amide bonds. The van der Waals surface area contributed by atoms with E-state index in [0.717, 1.165) is 24.7 Å². The Kier molecular flexibility index (Phi) is 7.31. The van der Waals surface area contributed by atoms with E-state index in [4.69, 9.17) is 0 Å². The topological polar surface area (TPSA) is 3.24 Å². The highest BCUT2D eigenvalue weighted by Gasteiger charge is 2.29. The number of nitrogens with zero attached hydrogens (tertiary/aromatic N) is 1. The van der Waals surface area contributed by atoms with Crippen molar-refractivity contribution in [2.24, 2.45) is 11.8 Å². The summed E-state index contributed by atoms with van der Waals surface area (Å²) in [5.74, 6) is 1.84. The first-order valence-electron chi connectivity index (χ1n) is 10.8. The lowest BCUT2D eigenvalue weighted by molar-refractivity contribution is 0.106. The number of halogens is 1. The number of hydrogen-bond donors (Lipinski definition) is 0. The summed E-state index contributed by atoms with van der Waals surface area (Å²) in [7, 11) is 0. The van der Waals surface area contributed by atoms with Gasteiger partial charge < -0.3 is 0 Å². The highest BCUT2D eigenvalue weighted by Crippen LogP contribution is 2.36. The zero-order valence-electron chi connectivity index (χ0n) is 16.7. The zero-order valence-corrected chi connectivity index (χ0v) is 16.7. The maximum atomic E-state index is 13.1. The van der Waals surface area contributed by atoms with Crippen LogP contribution in [0, 0.1) is 17.7 Å². The molecule has 1 aliphatic heterocycles. The van der Waals surface area contributed by atoms with Crippen molar-refractivity contribution < 1.29 is 4.39 Å². The smallest absolute Gasteiger partial charge is 0.123 e. The highest BCUT2D eigenvalue weighted by atomic mass is 19.1. The molecular formula is C24H36FN. The van der Waals surface area contributed by atoms with E-state index in [1.807, 2.05) is 12.1 Å². The maximum Gasteiger partial charge on any atom is 0.123 e. The normalized spacial score (nSPS) is 21.5. The summed E-state index contributed by atoms with van der Waals surface area (Å²) in [4.78, 5) is 2.70. The molecule has 1 saturated heterocycles. The van der Waals surface area contributed by atoms with Gasteiger partial charge in [0.05, 0.1) is 0 Å². The molecule has 1 unspecified atom stereocenters. The van der Waals surface area contributed by atoms with Crippen molar-refractivity contribution in [1.29, 1.82) is 0 Å². The Balaban J connectivity index is 1.54. The molecule has 0 radical (unpaired) electrons. The molecule has 1 aromatic rings. The van der Waals surface area contributed by atoms with Crippen LogP contribution in [-0.4, -0.2) is 24.0 Å². The number of rotatable bonds is 6. The summed E-state index contributed by atoms with van der Waals surface area (Å²) in [6.45, 7) is 6.91. The van der Waals surface area contributed by atoms with Crippen LogP contribution in [0.15, 0.2) is 35.9 Å². The largest absolute Gasteiger partial charge is 0.297 e. The van der Waals surface area contributed by atoms with E-state index in [1.165, 1.54) is 69.2 Å². The average molecular weight is 358 g/mol. The van der Waals surface area contributed by atoms with Gasteiger partial charge in [-0.2, -0.15) is 0 Å². The van der Waals surface area contributed by atoms with E-state index >= 15 is 0 Å². The standard InChI is InChI=1S/C24H36FN/c1-19(2)18-24(13-10-20-8-11-23(25)12-9-20)26-16-14-22(15-17-26)21-6-4-3-5-7-21/h8-9,11-12,18,21-22,24H,3-7,10,13-17H2,1-2H3. The number of benzene rings is 1. The lowest BCUT2D eigenvalue weighted by Crippen LogP contribution is -2.42. The Hall–Kier alpha value is -1.15. The average Bonchev–Trinajstić information content (AvgIpc) is 2.67. The van der Waals surface area contributed by atoms with Gasteiger partial charge in [0, 0.05) is 6.04 Å². The van der Waals surface area contributed by atoms with E-state index in [1.54, 1.807) is 12.1 Å². The molecule has 2 fully saturated rings. The number of likely N-dealkylation sites (tertiary alicyclic amines) is 1. The molecule has 1 saturated carbocycles. The summed E-state index contributed by atoms with van der Waals surface area (Å²) in [5, 5.41) is 0. The Morgan fingerprint density at radius 1 is 1.00 bits per heavy atom. The van der Waals surface area contributed by atoms with E-state index in [0.29, 0.717) is 6.04 Å². The molecule has 2 heteroatoms. The molecule has 26 heavy (non-hydrogen) atoms. The molecule has 1 aliphatic carbocycles. The minimum atomic E-state index is -0.139. The van der Waals surface area contributed by atoms with Crippen molar-refractivity contribution in [1.82, 2.24) is 4.90 Å². The van der Waals surface area contributed by atoms with Crippen LogP contribution in [0.1, 0.15) is 70.8 Å². The Morgan fingerprint density at radius 2 is 1.62 bits per heavy atom. The van der Waals surface area contributed by atoms with Crippen molar-refractivity contribution in [3.63, 3.8) is 0 Å². The van der Waals surface area contributed by atoms with Crippen LogP contribution in [0.4, 0.5) is 4.39 Å². The monoisotopic (exact) mass is 357 g/mol. The van der Waals surface area contributed by atoms with Gasteiger partial charge in [0.15, 0.2) is 0 Å². The van der Waals surface area contributed by atoms with Gasteiger partial charge in [-0.3, -0.25) is 4.90 Å². The molecule has 144 valence electrons. The second-order valence-electron chi connectivity index (χ2n) is 8.75. The van der Waals surface area contributed by atoms with E-state index in [-0.39, 0.29) is 5.82 Å². The third-order valence-corrected chi connectivity index (χ3v) is 6.53. The van der Waals surface area contributed by atoms with E-state index in [2.05, 4.69) is 24.8 Å². The molecular weight excluding hydrogens is 321 g/mol. The van der Waals surface area contributed by atoms with Gasteiger partial charge in [-0.05, 0) is 82.2 Å². The molecule has 0 aromatic heterocycles. The number of piperidine rings is 1. The minimum absolute atomic E-state index is 0.139. The van der Waals surface area contributed by atoms with Crippen LogP contribution < -0.4 is 0 Å². The van der Waals surface area contributed by atoms with Crippen LogP contribution in [-0.2, 0) is 6.42 Å². The summed E-state index contributed by atoms with van der Waals surface area (Å²) in [5.41, 5.74) is 2.65. The van der Waals surface area contributed by atoms with Gasteiger partial charge in [-0.15, -0.1) is 0 Å². The first kappa shape index (κ1) is 19.6. The van der Waals surface area contributed by atoms with Gasteiger partial charge >= 0.3 is 0 Å². The third-order valence-electron chi connectivity index (χ3n) is 6.53. The number of aryl methyl sites for hydroxylation is 1. The molecule has 1 heterocycles. The fourth-order valence-corrected chi connectivity index (χ4v) is 5.05. The van der Waals surface area contributed by atoms with Crippen molar-refractivity contribution in [3.8, 4) is 0 Å². The summed E-state index contributed by atoms with van der Waals surface area (Å²) < 4.78 is 13.1. The van der Waals surface area contributed by atoms with Crippen LogP contribution in [0.2, 0.25) is 0 Å². The van der Waals surface area contributed by atoms with Crippen molar-refractivity contribution in [3.05, 3.63) is 47.3 Å². The van der Waals surface area contributed by atoms with Crippen molar-refractivity contribution in [2.45, 2.75) is 77.7 Å². The van der Waals surface area contributed by atoms with Gasteiger partial charge in [0.2, 0.25) is 0 Å².